The van der Waals surface area contributed by atoms with Crippen LogP contribution in [0.4, 0.5) is 0 Å². The molecule has 1 N–H and O–H groups in total. The molecule has 0 aliphatic heterocycles. The van der Waals surface area contributed by atoms with E-state index in [4.69, 9.17) is 0 Å². The number of nitrogens with one attached hydrogen (secondary N) is 1. The lowest BCUT2D eigenvalue weighted by Crippen LogP contribution is -2.35. The topological polar surface area (TPSA) is 45.2 Å². The van der Waals surface area contributed by atoms with E-state index >= 15 is 0 Å². The van der Waals surface area contributed by atoms with Gasteiger partial charge in [0.2, 0.25) is 0 Å². The molecule has 4 heteroatoms. The number of rotatable bonds is 5. The van der Waals surface area contributed by atoms with Crippen LogP contribution in [0, 0.1) is 0 Å². The Kier molecular flexibility index (Phi) is 4.87. The molecule has 0 saturated heterocycles. The fourth-order valence-corrected chi connectivity index (χ4v) is 2.75. The number of pyridine rings is 1. The van der Waals surface area contributed by atoms with Gasteiger partial charge in [-0.3, -0.25) is 9.78 Å². The average molecular weight is 319 g/mol. The normalized spacial score (nSPS) is 12.3. The number of carbonyl (C=O) groups is 1. The zero-order chi connectivity index (χ0) is 16.9. The fourth-order valence-electron chi connectivity index (χ4n) is 2.75. The van der Waals surface area contributed by atoms with Crippen LogP contribution in [0.25, 0.3) is 10.8 Å². The van der Waals surface area contributed by atoms with Crippen LogP contribution in [0.5, 0.6) is 0 Å². The summed E-state index contributed by atoms with van der Waals surface area (Å²) >= 11 is 0. The van der Waals surface area contributed by atoms with Crippen molar-refractivity contribution in [1.82, 2.24) is 15.2 Å². The summed E-state index contributed by atoms with van der Waals surface area (Å²) in [5, 5.41) is 5.19. The molecule has 1 aromatic heterocycles. The van der Waals surface area contributed by atoms with E-state index in [1.54, 1.807) is 12.4 Å². The van der Waals surface area contributed by atoms with Gasteiger partial charge < -0.3 is 10.2 Å². The fraction of sp³-hybridized carbons (Fsp3) is 0.200. The number of aromatic nitrogens is 1. The van der Waals surface area contributed by atoms with E-state index in [0.29, 0.717) is 5.56 Å². The van der Waals surface area contributed by atoms with E-state index < -0.39 is 0 Å². The Bertz CT molecular complexity index is 830. The predicted molar refractivity (Wildman–Crippen MR) is 96.9 cm³/mol. The third-order valence-corrected chi connectivity index (χ3v) is 3.96. The maximum atomic E-state index is 12.7. The predicted octanol–water partition coefficient (Wildman–Crippen LogP) is 3.27. The molecule has 0 saturated carbocycles. The first-order valence-electron chi connectivity index (χ1n) is 7.98. The van der Waals surface area contributed by atoms with Crippen LogP contribution in [-0.4, -0.2) is 36.4 Å². The van der Waals surface area contributed by atoms with Crippen LogP contribution in [-0.2, 0) is 0 Å². The molecule has 4 nitrogen and oxygen atoms in total. The van der Waals surface area contributed by atoms with Gasteiger partial charge in [0.1, 0.15) is 0 Å². The van der Waals surface area contributed by atoms with Gasteiger partial charge in [-0.15, -0.1) is 0 Å². The maximum Gasteiger partial charge on any atom is 0.251 e. The molecule has 3 aromatic rings. The smallest absolute Gasteiger partial charge is 0.251 e. The molecule has 0 aliphatic rings. The van der Waals surface area contributed by atoms with Gasteiger partial charge in [-0.05, 0) is 43.2 Å². The summed E-state index contributed by atoms with van der Waals surface area (Å²) in [7, 11) is 4.01. The number of hydrogen-bond acceptors (Lipinski definition) is 3. The highest BCUT2D eigenvalue weighted by Crippen LogP contribution is 2.17. The molecular formula is C20H21N3O. The number of hydrogen-bond donors (Lipinski definition) is 1. The minimum Gasteiger partial charge on any atom is -0.344 e. The van der Waals surface area contributed by atoms with Crippen molar-refractivity contribution in [3.8, 4) is 0 Å². The number of nitrogens with zero attached hydrogens (tertiary/aromatic N) is 2. The maximum absolute atomic E-state index is 12.7. The van der Waals surface area contributed by atoms with Gasteiger partial charge in [0.15, 0.2) is 0 Å². The second-order valence-electron chi connectivity index (χ2n) is 6.14. The van der Waals surface area contributed by atoms with Crippen molar-refractivity contribution >= 4 is 16.7 Å². The Morgan fingerprint density at radius 3 is 2.62 bits per heavy atom. The Labute approximate surface area is 142 Å². The largest absolute Gasteiger partial charge is 0.344 e. The first-order valence-corrected chi connectivity index (χ1v) is 7.98. The number of amides is 1. The second kappa shape index (κ2) is 7.23. The average Bonchev–Trinajstić information content (AvgIpc) is 2.61. The summed E-state index contributed by atoms with van der Waals surface area (Å²) < 4.78 is 0. The van der Waals surface area contributed by atoms with Crippen molar-refractivity contribution in [2.24, 2.45) is 0 Å². The van der Waals surface area contributed by atoms with E-state index in [1.807, 2.05) is 68.7 Å². The molecule has 1 heterocycles. The highest BCUT2D eigenvalue weighted by atomic mass is 16.1. The van der Waals surface area contributed by atoms with E-state index in [-0.39, 0.29) is 11.9 Å². The lowest BCUT2D eigenvalue weighted by molar-refractivity contribution is 0.0930. The van der Waals surface area contributed by atoms with Crippen molar-refractivity contribution in [3.63, 3.8) is 0 Å². The standard InChI is InChI=1S/C20H21N3O/c1-23(2)14-19(15-6-4-3-5-7-15)22-20(24)17-8-9-18-13-21-11-10-16(18)12-17/h3-13,19H,14H2,1-2H3,(H,22,24). The van der Waals surface area contributed by atoms with Crippen molar-refractivity contribution in [3.05, 3.63) is 78.1 Å². The van der Waals surface area contributed by atoms with E-state index in [9.17, 15) is 4.79 Å². The molecule has 0 fully saturated rings. The summed E-state index contributed by atoms with van der Waals surface area (Å²) in [6.45, 7) is 0.743. The number of fused-ring (bicyclic) bond motifs is 1. The minimum absolute atomic E-state index is 0.0539. The highest BCUT2D eigenvalue weighted by Gasteiger charge is 2.16. The Hall–Kier alpha value is -2.72. The highest BCUT2D eigenvalue weighted by molar-refractivity contribution is 5.98. The lowest BCUT2D eigenvalue weighted by Gasteiger charge is -2.23. The second-order valence-corrected chi connectivity index (χ2v) is 6.14. The van der Waals surface area contributed by atoms with E-state index in [2.05, 4.69) is 15.2 Å². The van der Waals surface area contributed by atoms with Crippen molar-refractivity contribution in [2.75, 3.05) is 20.6 Å². The molecule has 3 rings (SSSR count). The van der Waals surface area contributed by atoms with Crippen LogP contribution in [0.1, 0.15) is 22.0 Å². The summed E-state index contributed by atoms with van der Waals surface area (Å²) in [6, 6.07) is 17.6. The zero-order valence-corrected chi connectivity index (χ0v) is 13.9. The van der Waals surface area contributed by atoms with Gasteiger partial charge in [-0.25, -0.2) is 0 Å². The number of carbonyl (C=O) groups excluding carboxylic acids is 1. The molecule has 1 atom stereocenters. The molecule has 122 valence electrons. The van der Waals surface area contributed by atoms with Gasteiger partial charge in [0, 0.05) is 29.9 Å². The molecule has 24 heavy (non-hydrogen) atoms. The molecule has 0 spiro atoms. The molecule has 0 radical (unpaired) electrons. The lowest BCUT2D eigenvalue weighted by atomic mass is 10.0. The number of benzene rings is 2. The van der Waals surface area contributed by atoms with Crippen molar-refractivity contribution < 1.29 is 4.79 Å². The van der Waals surface area contributed by atoms with Gasteiger partial charge in [0.25, 0.3) is 5.91 Å². The van der Waals surface area contributed by atoms with E-state index in [0.717, 1.165) is 22.9 Å². The molecule has 2 aromatic carbocycles. The van der Waals surface area contributed by atoms with Gasteiger partial charge >= 0.3 is 0 Å². The molecule has 0 aliphatic carbocycles. The van der Waals surface area contributed by atoms with Crippen molar-refractivity contribution in [1.29, 1.82) is 0 Å². The van der Waals surface area contributed by atoms with Crippen LogP contribution in [0.2, 0.25) is 0 Å². The summed E-state index contributed by atoms with van der Waals surface area (Å²) in [5.41, 5.74) is 1.76. The van der Waals surface area contributed by atoms with Crippen LogP contribution in [0.15, 0.2) is 67.0 Å². The van der Waals surface area contributed by atoms with Crippen LogP contribution < -0.4 is 5.32 Å². The SMILES string of the molecule is CN(C)CC(NC(=O)c1ccc2cnccc2c1)c1ccccc1. The van der Waals surface area contributed by atoms with Gasteiger partial charge in [-0.1, -0.05) is 36.4 Å². The Balaban J connectivity index is 1.84. The molecular weight excluding hydrogens is 298 g/mol. The van der Waals surface area contributed by atoms with Crippen LogP contribution in [0.3, 0.4) is 0 Å². The minimum atomic E-state index is -0.0654. The van der Waals surface area contributed by atoms with Crippen LogP contribution >= 0.6 is 0 Å². The summed E-state index contributed by atoms with van der Waals surface area (Å²) in [6.07, 6.45) is 3.54. The molecule has 1 amide bonds. The van der Waals surface area contributed by atoms with Gasteiger partial charge in [-0.2, -0.15) is 0 Å². The first kappa shape index (κ1) is 16.1. The monoisotopic (exact) mass is 319 g/mol. The first-order chi connectivity index (χ1) is 11.6. The quantitative estimate of drug-likeness (QED) is 0.785. The Morgan fingerprint density at radius 1 is 1.08 bits per heavy atom. The van der Waals surface area contributed by atoms with Gasteiger partial charge in [0.05, 0.1) is 6.04 Å². The summed E-state index contributed by atoms with van der Waals surface area (Å²) in [4.78, 5) is 18.9. The van der Waals surface area contributed by atoms with Crippen molar-refractivity contribution in [2.45, 2.75) is 6.04 Å². The summed E-state index contributed by atoms with van der Waals surface area (Å²) in [5.74, 6) is -0.0654. The third kappa shape index (κ3) is 3.78. The Morgan fingerprint density at radius 2 is 1.88 bits per heavy atom. The van der Waals surface area contributed by atoms with E-state index in [1.165, 1.54) is 0 Å². The zero-order valence-electron chi connectivity index (χ0n) is 13.9. The molecule has 1 unspecified atom stereocenters. The molecule has 0 bridgehead atoms. The third-order valence-electron chi connectivity index (χ3n) is 3.96. The number of likely N-dealkylation sites (N-methyl/N-ethyl adjacent to an activating group) is 1.